The molecule has 5 heteroatoms. The molecule has 2 radical (unpaired) electrons. The fourth-order valence-corrected chi connectivity index (χ4v) is 1.57. The smallest absolute Gasteiger partial charge is 0.243 e. The van der Waals surface area contributed by atoms with Crippen molar-refractivity contribution in [1.82, 2.24) is 0 Å². The van der Waals surface area contributed by atoms with Gasteiger partial charge in [0.25, 0.3) is 0 Å². The van der Waals surface area contributed by atoms with Crippen LogP contribution in [0.4, 0.5) is 22.0 Å². The van der Waals surface area contributed by atoms with Gasteiger partial charge in [-0.2, -0.15) is 13.2 Å². The lowest BCUT2D eigenvalue weighted by Gasteiger charge is -2.30. The number of rotatable bonds is 1. The zero-order valence-electron chi connectivity index (χ0n) is 6.74. The Balaban J connectivity index is 2.95. The van der Waals surface area contributed by atoms with E-state index in [0.29, 0.717) is 0 Å². The van der Waals surface area contributed by atoms with E-state index in [1.807, 2.05) is 0 Å². The molecule has 3 unspecified atom stereocenters. The van der Waals surface area contributed by atoms with Crippen molar-refractivity contribution in [3.8, 4) is 0 Å². The summed E-state index contributed by atoms with van der Waals surface area (Å²) in [6, 6.07) is 0. The highest BCUT2D eigenvalue weighted by molar-refractivity contribution is 5.12. The maximum absolute atomic E-state index is 13.3. The van der Waals surface area contributed by atoms with Gasteiger partial charge in [0.2, 0.25) is 5.67 Å². The summed E-state index contributed by atoms with van der Waals surface area (Å²) >= 11 is 0. The Morgan fingerprint density at radius 2 is 2.00 bits per heavy atom. The predicted octanol–water partition coefficient (Wildman–Crippen LogP) is 3.04. The van der Waals surface area contributed by atoms with Crippen LogP contribution < -0.4 is 0 Å². The minimum atomic E-state index is -5.15. The molecule has 0 amide bonds. The van der Waals surface area contributed by atoms with E-state index in [1.165, 1.54) is 0 Å². The third kappa shape index (κ3) is 1.42. The SMILES string of the molecule is [CH2]CC1C[CH]C(F)C1(F)C(F)(F)F. The first-order chi connectivity index (χ1) is 5.84. The standard InChI is InChI=1S/C8H9F5/c1-2-5-3-4-6(9)7(5,10)8(11,12)13/h4-6H,1-3H2. The Bertz CT molecular complexity index is 187. The highest BCUT2D eigenvalue weighted by atomic mass is 19.4. The number of halogens is 5. The first-order valence-corrected chi connectivity index (χ1v) is 3.86. The van der Waals surface area contributed by atoms with Gasteiger partial charge in [-0.15, -0.1) is 0 Å². The Kier molecular flexibility index (Phi) is 2.56. The number of hydrogen-bond donors (Lipinski definition) is 0. The highest BCUT2D eigenvalue weighted by Gasteiger charge is 2.67. The van der Waals surface area contributed by atoms with E-state index in [-0.39, 0.29) is 12.8 Å². The van der Waals surface area contributed by atoms with Gasteiger partial charge in [-0.3, -0.25) is 0 Å². The molecule has 1 aliphatic rings. The summed E-state index contributed by atoms with van der Waals surface area (Å²) in [5.41, 5.74) is -3.73. The summed E-state index contributed by atoms with van der Waals surface area (Å²) in [4.78, 5) is 0. The summed E-state index contributed by atoms with van der Waals surface area (Å²) in [7, 11) is 0. The summed E-state index contributed by atoms with van der Waals surface area (Å²) in [6.45, 7) is 3.18. The van der Waals surface area contributed by atoms with Gasteiger partial charge >= 0.3 is 6.18 Å². The largest absolute Gasteiger partial charge is 0.425 e. The van der Waals surface area contributed by atoms with E-state index in [0.717, 1.165) is 6.42 Å². The number of alkyl halides is 5. The van der Waals surface area contributed by atoms with Crippen molar-refractivity contribution in [3.05, 3.63) is 13.3 Å². The molecule has 1 saturated carbocycles. The average Bonchev–Trinajstić information content (AvgIpc) is 2.29. The van der Waals surface area contributed by atoms with Crippen LogP contribution in [0.25, 0.3) is 0 Å². The Morgan fingerprint density at radius 1 is 1.46 bits per heavy atom. The molecule has 0 bridgehead atoms. The van der Waals surface area contributed by atoms with Crippen molar-refractivity contribution in [2.24, 2.45) is 5.92 Å². The van der Waals surface area contributed by atoms with Gasteiger partial charge in [-0.05, 0) is 19.3 Å². The lowest BCUT2D eigenvalue weighted by Crippen LogP contribution is -2.50. The number of hydrogen-bond acceptors (Lipinski definition) is 0. The van der Waals surface area contributed by atoms with E-state index in [4.69, 9.17) is 0 Å². The van der Waals surface area contributed by atoms with Crippen LogP contribution in [-0.4, -0.2) is 18.0 Å². The summed E-state index contributed by atoms with van der Waals surface area (Å²) < 4.78 is 62.5. The molecule has 1 rings (SSSR count). The molecule has 0 heterocycles. The Labute approximate surface area is 73.1 Å². The molecular formula is C8H9F5. The van der Waals surface area contributed by atoms with Crippen molar-refractivity contribution in [1.29, 1.82) is 0 Å². The predicted molar refractivity (Wildman–Crippen MR) is 37.2 cm³/mol. The van der Waals surface area contributed by atoms with Gasteiger partial charge in [0.1, 0.15) is 6.17 Å². The molecule has 76 valence electrons. The average molecular weight is 200 g/mol. The van der Waals surface area contributed by atoms with Crippen LogP contribution in [-0.2, 0) is 0 Å². The highest BCUT2D eigenvalue weighted by Crippen LogP contribution is 2.51. The van der Waals surface area contributed by atoms with Crippen molar-refractivity contribution < 1.29 is 22.0 Å². The van der Waals surface area contributed by atoms with Gasteiger partial charge in [0.15, 0.2) is 0 Å². The second kappa shape index (κ2) is 3.10. The molecule has 0 spiro atoms. The van der Waals surface area contributed by atoms with Gasteiger partial charge < -0.3 is 0 Å². The van der Waals surface area contributed by atoms with E-state index in [2.05, 4.69) is 6.92 Å². The Hall–Kier alpha value is -0.350. The van der Waals surface area contributed by atoms with Crippen molar-refractivity contribution in [2.45, 2.75) is 30.9 Å². The molecule has 0 N–H and O–H groups in total. The fourth-order valence-electron chi connectivity index (χ4n) is 1.57. The third-order valence-corrected chi connectivity index (χ3v) is 2.41. The van der Waals surface area contributed by atoms with Crippen molar-refractivity contribution in [3.63, 3.8) is 0 Å². The van der Waals surface area contributed by atoms with Crippen LogP contribution in [0, 0.1) is 19.3 Å². The summed E-state index contributed by atoms with van der Waals surface area (Å²) in [6.07, 6.45) is -7.45. The minimum Gasteiger partial charge on any atom is -0.243 e. The third-order valence-electron chi connectivity index (χ3n) is 2.41. The zero-order valence-corrected chi connectivity index (χ0v) is 6.74. The second-order valence-electron chi connectivity index (χ2n) is 3.12. The first kappa shape index (κ1) is 10.7. The van der Waals surface area contributed by atoms with Gasteiger partial charge in [-0.25, -0.2) is 8.78 Å². The lowest BCUT2D eigenvalue weighted by molar-refractivity contribution is -0.255. The van der Waals surface area contributed by atoms with Crippen LogP contribution in [0.1, 0.15) is 12.8 Å². The first-order valence-electron chi connectivity index (χ1n) is 3.86. The molecule has 0 aromatic carbocycles. The van der Waals surface area contributed by atoms with Crippen LogP contribution in [0.15, 0.2) is 0 Å². The van der Waals surface area contributed by atoms with Gasteiger partial charge in [0.05, 0.1) is 0 Å². The summed E-state index contributed by atoms with van der Waals surface area (Å²) in [5.74, 6) is -1.39. The van der Waals surface area contributed by atoms with Crippen LogP contribution in [0.5, 0.6) is 0 Å². The molecule has 1 aliphatic carbocycles. The van der Waals surface area contributed by atoms with E-state index in [1.54, 1.807) is 0 Å². The molecule has 0 aliphatic heterocycles. The topological polar surface area (TPSA) is 0 Å². The van der Waals surface area contributed by atoms with E-state index < -0.39 is 23.9 Å². The molecule has 1 fully saturated rings. The molecule has 0 nitrogen and oxygen atoms in total. The van der Waals surface area contributed by atoms with Gasteiger partial charge in [-0.1, -0.05) is 6.92 Å². The quantitative estimate of drug-likeness (QED) is 0.570. The lowest BCUT2D eigenvalue weighted by atomic mass is 9.89. The normalized spacial score (nSPS) is 41.1. The second-order valence-corrected chi connectivity index (χ2v) is 3.12. The summed E-state index contributed by atoms with van der Waals surface area (Å²) in [5, 5.41) is 0. The van der Waals surface area contributed by atoms with Gasteiger partial charge in [0, 0.05) is 5.92 Å². The van der Waals surface area contributed by atoms with E-state index >= 15 is 0 Å². The maximum atomic E-state index is 13.3. The monoisotopic (exact) mass is 200 g/mol. The molecule has 0 aromatic rings. The minimum absolute atomic E-state index is 0.208. The Morgan fingerprint density at radius 3 is 2.31 bits per heavy atom. The maximum Gasteiger partial charge on any atom is 0.425 e. The molecular weight excluding hydrogens is 191 g/mol. The fraction of sp³-hybridized carbons (Fsp3) is 0.750. The molecule has 3 atom stereocenters. The molecule has 0 saturated heterocycles. The van der Waals surface area contributed by atoms with E-state index in [9.17, 15) is 22.0 Å². The van der Waals surface area contributed by atoms with Crippen LogP contribution >= 0.6 is 0 Å². The van der Waals surface area contributed by atoms with Crippen molar-refractivity contribution in [2.75, 3.05) is 0 Å². The van der Waals surface area contributed by atoms with Crippen molar-refractivity contribution >= 4 is 0 Å². The molecule has 13 heavy (non-hydrogen) atoms. The molecule has 0 aromatic heterocycles. The van der Waals surface area contributed by atoms with Crippen LogP contribution in [0.2, 0.25) is 0 Å². The zero-order chi connectivity index (χ0) is 10.3. The van der Waals surface area contributed by atoms with Crippen LogP contribution in [0.3, 0.4) is 0 Å².